The monoisotopic (exact) mass is 1840 g/mol. The maximum atomic E-state index is 16.4. The molecule has 2 fully saturated rings. The second kappa shape index (κ2) is 40.6. The first-order valence-corrected chi connectivity index (χ1v) is 41.0. The molecular formula is C83H92Cl3FN14O27. The molecule has 10 amide bonds. The van der Waals surface area contributed by atoms with Gasteiger partial charge in [0, 0.05) is 55.5 Å². The van der Waals surface area contributed by atoms with Crippen molar-refractivity contribution in [1.29, 1.82) is 0 Å². The Labute approximate surface area is 741 Å². The van der Waals surface area contributed by atoms with Crippen LogP contribution in [0.15, 0.2) is 114 Å². The average molecular weight is 1840 g/mol. The molecule has 1 aromatic heterocycles. The number of nitrogens with two attached hydrogens (primary N) is 1. The summed E-state index contributed by atoms with van der Waals surface area (Å²) >= 11 is 20.3. The summed E-state index contributed by atoms with van der Waals surface area (Å²) in [4.78, 5) is 168. The summed E-state index contributed by atoms with van der Waals surface area (Å²) in [5, 5.41) is 131. The van der Waals surface area contributed by atoms with E-state index in [9.17, 15) is 79.1 Å². The van der Waals surface area contributed by atoms with E-state index < -0.39 is 283 Å². The molecule has 6 aromatic carbocycles. The van der Waals surface area contributed by atoms with Gasteiger partial charge in [0.2, 0.25) is 65.2 Å². The number of phenols is 3. The van der Waals surface area contributed by atoms with Crippen LogP contribution in [0.4, 0.5) is 10.2 Å². The number of nitrogens with zero attached hydrogens (tertiary/aromatic N) is 2. The SMILES string of the molecule is CNC(=O)CONC(=O)[C@@H]1NC(=O)C2NC(=O)C(NC(=O)C3NC(=O)C(CC(N)=O)NC(=O)C(NC(=O)C(CC(C)C)NC)C(O)c4ccc(c(Cl)c4)Oc4cc3cc(c4OC3OC(CO)C(O)C(O)C3OC3C[C@@](C)(NCCn4ccc(NC(=O)Cc5ccc(F)c(Cl)c5)nc4=O)C(O)C(C)O3)Oc3ccc(cc3Cl)C2O)c2ccc(O)c(c2)-c2c(O)cc(O)cc21. The Balaban J connectivity index is 0.998. The number of aromatic hydroxyl groups is 3. The van der Waals surface area contributed by atoms with Crippen LogP contribution < -0.4 is 84.3 Å². The summed E-state index contributed by atoms with van der Waals surface area (Å²) in [6, 6.07) is 3.91. The van der Waals surface area contributed by atoms with Crippen molar-refractivity contribution in [3.63, 3.8) is 0 Å². The van der Waals surface area contributed by atoms with Gasteiger partial charge in [-0.15, -0.1) is 0 Å². The highest BCUT2D eigenvalue weighted by molar-refractivity contribution is 6.32. The maximum absolute atomic E-state index is 16.4. The van der Waals surface area contributed by atoms with Crippen molar-refractivity contribution < 1.29 is 132 Å². The molecule has 684 valence electrons. The highest BCUT2D eigenvalue weighted by Gasteiger charge is 2.52. The van der Waals surface area contributed by atoms with Gasteiger partial charge in [0.15, 0.2) is 30.5 Å². The van der Waals surface area contributed by atoms with Crippen LogP contribution in [0.2, 0.25) is 15.1 Å². The second-order valence-corrected chi connectivity index (χ2v) is 32.6. The van der Waals surface area contributed by atoms with Gasteiger partial charge in [-0.05, 0) is 139 Å². The van der Waals surface area contributed by atoms with Gasteiger partial charge in [-0.25, -0.2) is 14.7 Å². The van der Waals surface area contributed by atoms with E-state index in [1.54, 1.807) is 20.8 Å². The number of benzene rings is 6. The quantitative estimate of drug-likeness (QED) is 0.0392. The zero-order valence-corrected chi connectivity index (χ0v) is 71.1. The number of nitrogens with one attached hydrogen (secondary N) is 11. The second-order valence-electron chi connectivity index (χ2n) is 31.4. The van der Waals surface area contributed by atoms with Gasteiger partial charge < -0.3 is 133 Å². The highest BCUT2D eigenvalue weighted by atomic mass is 35.5. The number of anilines is 1. The standard InChI is InChI=1S/C83H92Cl3FN14O27/c1-33(2)19-47(89-5)74(114)98-65-67(109)37-9-13-51(44(85)23-37)124-53-25-39-26-54(71(53)128-81-72(70(112)69(111)55(31-102)126-81)127-60-30-83(4,73(113)34(3)123-60)91-16-18-101-17-15-57(94-82(101)121)93-58(107)21-35-7-11-46(87)43(84)20-35)125-52-14-10-38(24-45(52)86)68(110)66-79(119)97-64(80(120)100-122-32-59(108)90-6)42-27-40(103)28-50(105)61(42)41-22-36(8-12-49(41)104)62(76(116)99-66)96-77(117)63(39)95-75(115)48(29-56(88)106)92-78(65)118/h7-15,17,20,22-28,33-34,47-48,55,60,62-70,72-73,81,89,91,102-105,109-113H,16,18-19,21,29-32H2,1-6H3,(H2,88,106)(H,90,108)(H,92,118)(H,95,115)(H,96,117)(H,97,119)(H,98,114)(H,99,116)(H,100,120)(H,93,94,107,121)/t34?,47?,48?,55?,60?,62?,63?,64-,65?,66?,67?,68?,69?,70?,72?,73?,81?,83-/m1/s1. The Morgan fingerprint density at radius 1 is 0.711 bits per heavy atom. The molecule has 14 rings (SSSR count). The van der Waals surface area contributed by atoms with Crippen molar-refractivity contribution >= 4 is 99.7 Å². The number of aromatic nitrogens is 2. The average Bonchev–Trinajstić information content (AvgIpc) is 0.776. The van der Waals surface area contributed by atoms with Gasteiger partial charge in [0.25, 0.3) is 5.91 Å². The van der Waals surface area contributed by atoms with Crippen LogP contribution in [-0.4, -0.2) is 227 Å². The van der Waals surface area contributed by atoms with Crippen LogP contribution in [0, 0.1) is 11.7 Å². The largest absolute Gasteiger partial charge is 0.508 e. The molecule has 22 N–H and O–H groups in total. The smallest absolute Gasteiger partial charge is 0.349 e. The number of hydrogen-bond donors (Lipinski definition) is 21. The zero-order valence-electron chi connectivity index (χ0n) is 68.8. The number of halogens is 4. The number of carbonyl (C=O) groups excluding carboxylic acids is 10. The fraction of sp³-hybridized carbons (Fsp3) is 0.398. The number of carbonyl (C=O) groups is 10. The van der Waals surface area contributed by atoms with E-state index >= 15 is 24.0 Å². The van der Waals surface area contributed by atoms with Gasteiger partial charge in [-0.2, -0.15) is 4.98 Å². The molecule has 7 aromatic rings. The maximum Gasteiger partial charge on any atom is 0.349 e. The summed E-state index contributed by atoms with van der Waals surface area (Å²) in [7, 11) is 2.71. The number of phenolic OH excluding ortho intramolecular Hbond substituents is 3. The number of amides is 10. The van der Waals surface area contributed by atoms with E-state index in [4.69, 9.17) is 73.8 Å². The van der Waals surface area contributed by atoms with Gasteiger partial charge in [-0.3, -0.25) is 57.4 Å². The lowest BCUT2D eigenvalue weighted by atomic mass is 9.85. The van der Waals surface area contributed by atoms with Crippen molar-refractivity contribution in [2.75, 3.05) is 39.2 Å². The molecule has 18 atom stereocenters. The normalized spacial score (nSPS) is 25.6. The highest BCUT2D eigenvalue weighted by Crippen LogP contribution is 2.50. The third-order valence-electron chi connectivity index (χ3n) is 21.8. The molecule has 45 heteroatoms. The summed E-state index contributed by atoms with van der Waals surface area (Å²) in [5.74, 6) is -18.3. The first-order chi connectivity index (χ1) is 60.7. The fourth-order valence-electron chi connectivity index (χ4n) is 15.1. The molecular weight excluding hydrogens is 1750 g/mol. The molecule has 11 bridgehead atoms. The molecule has 0 aliphatic carbocycles. The number of aliphatic hydroxyl groups excluding tert-OH is 6. The van der Waals surface area contributed by atoms with Crippen LogP contribution in [0.5, 0.6) is 46.0 Å². The predicted octanol–water partition coefficient (Wildman–Crippen LogP) is 0.677. The van der Waals surface area contributed by atoms with Crippen LogP contribution in [-0.2, 0) is 80.0 Å². The van der Waals surface area contributed by atoms with Gasteiger partial charge in [0.1, 0.15) is 107 Å². The Morgan fingerprint density at radius 2 is 1.37 bits per heavy atom. The van der Waals surface area contributed by atoms with E-state index in [1.165, 1.54) is 56.0 Å². The molecule has 8 heterocycles. The Morgan fingerprint density at radius 3 is 2.00 bits per heavy atom. The minimum absolute atomic E-state index is 0.0685. The van der Waals surface area contributed by atoms with Crippen LogP contribution >= 0.6 is 34.8 Å². The predicted molar refractivity (Wildman–Crippen MR) is 446 cm³/mol. The van der Waals surface area contributed by atoms with Crippen LogP contribution in [0.1, 0.15) is 111 Å². The van der Waals surface area contributed by atoms with Crippen molar-refractivity contribution in [2.24, 2.45) is 11.7 Å². The number of ether oxygens (including phenoxy) is 6. The van der Waals surface area contributed by atoms with E-state index in [-0.39, 0.29) is 60.2 Å². The molecule has 0 saturated carbocycles. The summed E-state index contributed by atoms with van der Waals surface area (Å²) in [6.45, 7) is 4.63. The minimum atomic E-state index is -2.42. The lowest BCUT2D eigenvalue weighted by molar-refractivity contribution is -0.334. The first-order valence-electron chi connectivity index (χ1n) is 39.9. The molecule has 16 unspecified atom stereocenters. The molecule has 128 heavy (non-hydrogen) atoms. The van der Waals surface area contributed by atoms with Crippen LogP contribution in [0.25, 0.3) is 11.1 Å². The van der Waals surface area contributed by atoms with Crippen molar-refractivity contribution in [1.82, 2.24) is 62.9 Å². The number of fused-ring (bicyclic) bond motifs is 15. The topological polar surface area (TPSA) is 611 Å². The Hall–Kier alpha value is -12.0. The van der Waals surface area contributed by atoms with Gasteiger partial charge in [-0.1, -0.05) is 72.9 Å². The Bertz CT molecular complexity index is 5510. The number of rotatable bonds is 23. The van der Waals surface area contributed by atoms with E-state index in [2.05, 4.69) is 58.2 Å². The number of aliphatic hydroxyl groups is 6. The molecule has 0 radical (unpaired) electrons. The summed E-state index contributed by atoms with van der Waals surface area (Å²) < 4.78 is 54.4. The summed E-state index contributed by atoms with van der Waals surface area (Å²) in [6.07, 6.45) is -18.7. The Kier molecular flexibility index (Phi) is 30.1. The lowest BCUT2D eigenvalue weighted by Gasteiger charge is -2.48. The van der Waals surface area contributed by atoms with Gasteiger partial charge >= 0.3 is 5.69 Å². The number of likely N-dealkylation sites (N-methyl/N-ethyl adjacent to an activating group) is 2. The fourth-order valence-corrected chi connectivity index (χ4v) is 15.8. The third kappa shape index (κ3) is 21.7. The molecule has 7 aliphatic heterocycles. The molecule has 2 saturated heterocycles. The van der Waals surface area contributed by atoms with Gasteiger partial charge in [0.05, 0.1) is 52.8 Å². The molecule has 7 aliphatic rings. The first kappa shape index (κ1) is 95.1. The van der Waals surface area contributed by atoms with E-state index in [1.807, 2.05) is 5.48 Å². The van der Waals surface area contributed by atoms with Crippen LogP contribution in [0.3, 0.4) is 0 Å². The summed E-state index contributed by atoms with van der Waals surface area (Å²) in [5.41, 5.74) is 2.91. The van der Waals surface area contributed by atoms with Crippen molar-refractivity contribution in [3.05, 3.63) is 174 Å². The van der Waals surface area contributed by atoms with Crippen molar-refractivity contribution in [3.8, 4) is 57.1 Å². The van der Waals surface area contributed by atoms with E-state index in [0.29, 0.717) is 5.56 Å². The third-order valence-corrected chi connectivity index (χ3v) is 22.7. The lowest BCUT2D eigenvalue weighted by Crippen LogP contribution is -2.65. The molecule has 0 spiro atoms. The van der Waals surface area contributed by atoms with Crippen molar-refractivity contribution in [2.45, 2.75) is 169 Å². The number of primary amides is 1. The van der Waals surface area contributed by atoms with E-state index in [0.717, 1.165) is 78.9 Å². The number of hydrogen-bond acceptors (Lipinski definition) is 30. The molecule has 41 nitrogen and oxygen atoms in total. The number of hydroxylamine groups is 1. The minimum Gasteiger partial charge on any atom is -0.508 e. The zero-order chi connectivity index (χ0) is 92.8.